The van der Waals surface area contributed by atoms with E-state index < -0.39 is 0 Å². The molecule has 1 unspecified atom stereocenters. The molecule has 0 saturated carbocycles. The molecule has 0 aliphatic carbocycles. The van der Waals surface area contributed by atoms with E-state index in [2.05, 4.69) is 24.4 Å². The second kappa shape index (κ2) is 2.87. The summed E-state index contributed by atoms with van der Waals surface area (Å²) in [6.07, 6.45) is 0.607. The molecule has 2 rings (SSSR count). The van der Waals surface area contributed by atoms with Gasteiger partial charge in [0.1, 0.15) is 0 Å². The highest BCUT2D eigenvalue weighted by molar-refractivity contribution is 5.94. The minimum atomic E-state index is 0.130. The van der Waals surface area contributed by atoms with E-state index >= 15 is 0 Å². The highest BCUT2D eigenvalue weighted by Crippen LogP contribution is 2.31. The first-order valence-electron chi connectivity index (χ1n) is 4.57. The van der Waals surface area contributed by atoms with Crippen molar-refractivity contribution in [1.82, 2.24) is 0 Å². The molecule has 0 saturated heterocycles. The third kappa shape index (κ3) is 1.44. The Balaban J connectivity index is 2.49. The van der Waals surface area contributed by atoms with Crippen molar-refractivity contribution in [2.24, 2.45) is 0 Å². The van der Waals surface area contributed by atoms with Gasteiger partial charge in [0.2, 0.25) is 5.91 Å². The molecule has 1 aromatic rings. The molecule has 68 valence electrons. The lowest BCUT2D eigenvalue weighted by atomic mass is 9.91. The molecule has 2 heteroatoms. The number of benzene rings is 1. The topological polar surface area (TPSA) is 29.1 Å². The fourth-order valence-electron chi connectivity index (χ4n) is 1.80. The van der Waals surface area contributed by atoms with Crippen LogP contribution in [-0.2, 0) is 4.79 Å². The predicted octanol–water partition coefficient (Wildman–Crippen LogP) is 2.44. The number of nitrogens with one attached hydrogen (secondary N) is 1. The molecular formula is C11H13NO. The third-order valence-electron chi connectivity index (χ3n) is 2.51. The van der Waals surface area contributed by atoms with Gasteiger partial charge in [-0.2, -0.15) is 0 Å². The van der Waals surface area contributed by atoms with Crippen molar-refractivity contribution in [2.75, 3.05) is 5.32 Å². The predicted molar refractivity (Wildman–Crippen MR) is 52.8 cm³/mol. The number of hydrogen-bond acceptors (Lipinski definition) is 1. The Morgan fingerprint density at radius 2 is 2.23 bits per heavy atom. The van der Waals surface area contributed by atoms with Gasteiger partial charge in [0.25, 0.3) is 0 Å². The Kier molecular flexibility index (Phi) is 1.83. The number of aryl methyl sites for hydroxylation is 1. The van der Waals surface area contributed by atoms with E-state index in [1.54, 1.807) is 0 Å². The molecule has 1 atom stereocenters. The van der Waals surface area contributed by atoms with E-state index in [0.717, 1.165) is 5.69 Å². The molecule has 13 heavy (non-hydrogen) atoms. The number of carbonyl (C=O) groups excluding carboxylic acids is 1. The van der Waals surface area contributed by atoms with Gasteiger partial charge in [-0.15, -0.1) is 0 Å². The Morgan fingerprint density at radius 3 is 3.00 bits per heavy atom. The van der Waals surface area contributed by atoms with Gasteiger partial charge in [-0.3, -0.25) is 4.79 Å². The standard InChI is InChI=1S/C11H13NO/c1-7-3-4-9-8(2)6-11(13)12-10(9)5-7/h3-5,8H,6H2,1-2H3,(H,12,13). The van der Waals surface area contributed by atoms with Crippen molar-refractivity contribution >= 4 is 11.6 Å². The van der Waals surface area contributed by atoms with Crippen molar-refractivity contribution in [3.8, 4) is 0 Å². The van der Waals surface area contributed by atoms with Crippen molar-refractivity contribution < 1.29 is 4.79 Å². The number of rotatable bonds is 0. The number of carbonyl (C=O) groups is 1. The number of fused-ring (bicyclic) bond motifs is 1. The van der Waals surface area contributed by atoms with Crippen LogP contribution in [0.5, 0.6) is 0 Å². The Morgan fingerprint density at radius 1 is 1.46 bits per heavy atom. The number of amides is 1. The van der Waals surface area contributed by atoms with Crippen molar-refractivity contribution in [3.05, 3.63) is 29.3 Å². The Labute approximate surface area is 78.0 Å². The quantitative estimate of drug-likeness (QED) is 0.644. The second-order valence-corrected chi connectivity index (χ2v) is 3.74. The van der Waals surface area contributed by atoms with Gasteiger partial charge in [-0.1, -0.05) is 19.1 Å². The molecule has 1 amide bonds. The fourth-order valence-corrected chi connectivity index (χ4v) is 1.80. The van der Waals surface area contributed by atoms with E-state index in [9.17, 15) is 4.79 Å². The van der Waals surface area contributed by atoms with Crippen LogP contribution in [0.15, 0.2) is 18.2 Å². The van der Waals surface area contributed by atoms with Gasteiger partial charge in [0.15, 0.2) is 0 Å². The molecule has 0 bridgehead atoms. The van der Waals surface area contributed by atoms with Crippen LogP contribution in [0.4, 0.5) is 5.69 Å². The maximum Gasteiger partial charge on any atom is 0.224 e. The molecule has 1 N–H and O–H groups in total. The molecule has 0 spiro atoms. The highest BCUT2D eigenvalue weighted by atomic mass is 16.1. The molecule has 1 aromatic carbocycles. The van der Waals surface area contributed by atoms with E-state index in [-0.39, 0.29) is 5.91 Å². The van der Waals surface area contributed by atoms with Crippen LogP contribution < -0.4 is 5.32 Å². The van der Waals surface area contributed by atoms with E-state index in [0.29, 0.717) is 12.3 Å². The molecule has 1 heterocycles. The summed E-state index contributed by atoms with van der Waals surface area (Å²) < 4.78 is 0. The Bertz CT molecular complexity index is 357. The van der Waals surface area contributed by atoms with Crippen LogP contribution in [0.25, 0.3) is 0 Å². The molecule has 0 radical (unpaired) electrons. The monoisotopic (exact) mass is 175 g/mol. The summed E-state index contributed by atoms with van der Waals surface area (Å²) in [5.41, 5.74) is 3.43. The summed E-state index contributed by atoms with van der Waals surface area (Å²) in [6.45, 7) is 4.12. The molecule has 0 aromatic heterocycles. The van der Waals surface area contributed by atoms with E-state index in [1.165, 1.54) is 11.1 Å². The fraction of sp³-hybridized carbons (Fsp3) is 0.364. The lowest BCUT2D eigenvalue weighted by Crippen LogP contribution is -2.21. The van der Waals surface area contributed by atoms with Crippen LogP contribution in [-0.4, -0.2) is 5.91 Å². The first kappa shape index (κ1) is 8.30. The molecule has 0 fully saturated rings. The minimum absolute atomic E-state index is 0.130. The van der Waals surface area contributed by atoms with E-state index in [1.807, 2.05) is 13.0 Å². The van der Waals surface area contributed by atoms with Crippen LogP contribution >= 0.6 is 0 Å². The lowest BCUT2D eigenvalue weighted by molar-refractivity contribution is -0.116. The summed E-state index contributed by atoms with van der Waals surface area (Å²) in [4.78, 5) is 11.2. The SMILES string of the molecule is Cc1ccc2c(c1)NC(=O)CC2C. The lowest BCUT2D eigenvalue weighted by Gasteiger charge is -2.22. The van der Waals surface area contributed by atoms with Crippen LogP contribution in [0.1, 0.15) is 30.4 Å². The van der Waals surface area contributed by atoms with Crippen molar-refractivity contribution in [2.45, 2.75) is 26.2 Å². The zero-order valence-corrected chi connectivity index (χ0v) is 7.92. The maximum absolute atomic E-state index is 11.2. The summed E-state index contributed by atoms with van der Waals surface area (Å²) in [5, 5.41) is 2.89. The number of anilines is 1. The first-order valence-corrected chi connectivity index (χ1v) is 4.57. The summed E-state index contributed by atoms with van der Waals surface area (Å²) >= 11 is 0. The normalized spacial score (nSPS) is 20.8. The van der Waals surface area contributed by atoms with Gasteiger partial charge in [0.05, 0.1) is 0 Å². The molecule has 2 nitrogen and oxygen atoms in total. The van der Waals surface area contributed by atoms with Gasteiger partial charge >= 0.3 is 0 Å². The zero-order chi connectivity index (χ0) is 9.42. The summed E-state index contributed by atoms with van der Waals surface area (Å²) in [7, 11) is 0. The minimum Gasteiger partial charge on any atom is -0.326 e. The molecular weight excluding hydrogens is 162 g/mol. The summed E-state index contributed by atoms with van der Waals surface area (Å²) in [6, 6.07) is 6.23. The molecule has 1 aliphatic heterocycles. The number of hydrogen-bond donors (Lipinski definition) is 1. The molecule has 1 aliphatic rings. The van der Waals surface area contributed by atoms with Crippen LogP contribution in [0.2, 0.25) is 0 Å². The largest absolute Gasteiger partial charge is 0.326 e. The van der Waals surface area contributed by atoms with Gasteiger partial charge in [0, 0.05) is 12.1 Å². The summed E-state index contributed by atoms with van der Waals surface area (Å²) in [5.74, 6) is 0.481. The smallest absolute Gasteiger partial charge is 0.224 e. The van der Waals surface area contributed by atoms with Crippen LogP contribution in [0.3, 0.4) is 0 Å². The third-order valence-corrected chi connectivity index (χ3v) is 2.51. The van der Waals surface area contributed by atoms with Gasteiger partial charge in [-0.05, 0) is 30.0 Å². The average Bonchev–Trinajstić information content (AvgIpc) is 2.02. The van der Waals surface area contributed by atoms with Gasteiger partial charge < -0.3 is 5.32 Å². The Hall–Kier alpha value is -1.31. The van der Waals surface area contributed by atoms with Crippen molar-refractivity contribution in [1.29, 1.82) is 0 Å². The highest BCUT2D eigenvalue weighted by Gasteiger charge is 2.20. The zero-order valence-electron chi connectivity index (χ0n) is 7.92. The average molecular weight is 175 g/mol. The van der Waals surface area contributed by atoms with Gasteiger partial charge in [-0.25, -0.2) is 0 Å². The van der Waals surface area contributed by atoms with Crippen LogP contribution in [0, 0.1) is 6.92 Å². The first-order chi connectivity index (χ1) is 6.16. The van der Waals surface area contributed by atoms with E-state index in [4.69, 9.17) is 0 Å². The second-order valence-electron chi connectivity index (χ2n) is 3.74. The van der Waals surface area contributed by atoms with Crippen molar-refractivity contribution in [3.63, 3.8) is 0 Å². The maximum atomic E-state index is 11.2.